The van der Waals surface area contributed by atoms with Crippen LogP contribution in [0.3, 0.4) is 0 Å². The lowest BCUT2D eigenvalue weighted by Gasteiger charge is -2.28. The number of aromatic nitrogens is 5. The molecule has 6 rings (SSSR count). The van der Waals surface area contributed by atoms with E-state index in [9.17, 15) is 0 Å². The molecule has 0 radical (unpaired) electrons. The lowest BCUT2D eigenvalue weighted by Crippen LogP contribution is -2.29. The molecule has 3 aromatic heterocycles. The van der Waals surface area contributed by atoms with Crippen LogP contribution in [-0.2, 0) is 0 Å². The van der Waals surface area contributed by atoms with Crippen molar-refractivity contribution >= 4 is 27.8 Å². The number of nitrogens with zero attached hydrogens (tertiary/aromatic N) is 4. The summed E-state index contributed by atoms with van der Waals surface area (Å²) < 4.78 is 0. The van der Waals surface area contributed by atoms with Crippen molar-refractivity contribution < 1.29 is 0 Å². The molecule has 2 aromatic carbocycles. The van der Waals surface area contributed by atoms with Gasteiger partial charge in [0.1, 0.15) is 12.1 Å². The van der Waals surface area contributed by atoms with Crippen LogP contribution in [0.25, 0.3) is 44.5 Å². The molecule has 34 heavy (non-hydrogen) atoms. The number of H-pyrrole nitrogens is 1. The minimum absolute atomic E-state index is 0.385. The molecular formula is C27H27N7. The van der Waals surface area contributed by atoms with Gasteiger partial charge in [-0.1, -0.05) is 48.5 Å². The van der Waals surface area contributed by atoms with Gasteiger partial charge in [-0.3, -0.25) is 5.10 Å². The van der Waals surface area contributed by atoms with Crippen LogP contribution in [0, 0.1) is 5.92 Å². The Labute approximate surface area is 197 Å². The molecule has 1 saturated carbocycles. The standard InChI is InChI=1S/C27H27N7/c28-15-17-6-11-21(12-7-17)31-26-24-25(33-34-27(24)30-16-29-26)20-9-8-19-10-13-22(32-23(19)14-20)18-4-2-1-3-5-18/h1-5,8-10,13-14,16-17,21H,6-7,11-12,15,28H2,(H2,29,30,31,33,34). The summed E-state index contributed by atoms with van der Waals surface area (Å²) in [7, 11) is 0. The molecule has 1 aliphatic rings. The molecule has 7 heteroatoms. The largest absolute Gasteiger partial charge is 0.367 e. The van der Waals surface area contributed by atoms with Crippen molar-refractivity contribution in [2.24, 2.45) is 11.7 Å². The Morgan fingerprint density at radius 1 is 0.912 bits per heavy atom. The van der Waals surface area contributed by atoms with Gasteiger partial charge in [-0.2, -0.15) is 5.10 Å². The van der Waals surface area contributed by atoms with Gasteiger partial charge in [-0.25, -0.2) is 15.0 Å². The summed E-state index contributed by atoms with van der Waals surface area (Å²) in [6.07, 6.45) is 6.09. The number of rotatable bonds is 5. The second-order valence-electron chi connectivity index (χ2n) is 9.09. The van der Waals surface area contributed by atoms with Crippen LogP contribution in [0.15, 0.2) is 67.0 Å². The summed E-state index contributed by atoms with van der Waals surface area (Å²) in [5, 5.41) is 13.3. The Kier molecular flexibility index (Phi) is 5.39. The molecule has 0 spiro atoms. The first-order chi connectivity index (χ1) is 16.8. The quantitative estimate of drug-likeness (QED) is 0.342. The SMILES string of the molecule is NCC1CCC(Nc2ncnc3n[nH]c(-c4ccc5ccc(-c6ccccc6)nc5c4)c23)CC1. The normalized spacial score (nSPS) is 18.4. The number of hydrogen-bond acceptors (Lipinski definition) is 6. The van der Waals surface area contributed by atoms with E-state index in [1.807, 2.05) is 18.2 Å². The molecule has 1 fully saturated rings. The Morgan fingerprint density at radius 2 is 1.74 bits per heavy atom. The van der Waals surface area contributed by atoms with Gasteiger partial charge in [0.2, 0.25) is 0 Å². The lowest BCUT2D eigenvalue weighted by atomic mass is 9.86. The van der Waals surface area contributed by atoms with E-state index < -0.39 is 0 Å². The van der Waals surface area contributed by atoms with Crippen molar-refractivity contribution in [3.05, 3.63) is 67.0 Å². The number of nitrogens with one attached hydrogen (secondary N) is 2. The first-order valence-corrected chi connectivity index (χ1v) is 11.9. The molecule has 170 valence electrons. The van der Waals surface area contributed by atoms with Gasteiger partial charge >= 0.3 is 0 Å². The number of benzene rings is 2. The van der Waals surface area contributed by atoms with E-state index in [4.69, 9.17) is 10.7 Å². The van der Waals surface area contributed by atoms with Crippen molar-refractivity contribution in [1.29, 1.82) is 0 Å². The zero-order valence-corrected chi connectivity index (χ0v) is 18.9. The average molecular weight is 450 g/mol. The van der Waals surface area contributed by atoms with Crippen LogP contribution < -0.4 is 11.1 Å². The Bertz CT molecular complexity index is 1440. The molecule has 0 bridgehead atoms. The van der Waals surface area contributed by atoms with E-state index in [1.54, 1.807) is 6.33 Å². The van der Waals surface area contributed by atoms with Crippen LogP contribution in [0.2, 0.25) is 0 Å². The van der Waals surface area contributed by atoms with Gasteiger partial charge in [0, 0.05) is 22.6 Å². The van der Waals surface area contributed by atoms with E-state index in [2.05, 4.69) is 67.9 Å². The van der Waals surface area contributed by atoms with Crippen LogP contribution >= 0.6 is 0 Å². The summed E-state index contributed by atoms with van der Waals surface area (Å²) >= 11 is 0. The first-order valence-electron chi connectivity index (χ1n) is 11.9. The van der Waals surface area contributed by atoms with Crippen LogP contribution in [0.1, 0.15) is 25.7 Å². The number of nitrogens with two attached hydrogens (primary N) is 1. The van der Waals surface area contributed by atoms with Crippen LogP contribution in [0.5, 0.6) is 0 Å². The van der Waals surface area contributed by atoms with Gasteiger partial charge in [0.05, 0.1) is 22.3 Å². The van der Waals surface area contributed by atoms with Gasteiger partial charge < -0.3 is 11.1 Å². The number of pyridine rings is 1. The Morgan fingerprint density at radius 3 is 2.56 bits per heavy atom. The minimum atomic E-state index is 0.385. The molecule has 4 N–H and O–H groups in total. The topological polar surface area (TPSA) is 105 Å². The highest BCUT2D eigenvalue weighted by atomic mass is 15.2. The number of aromatic amines is 1. The average Bonchev–Trinajstić information content (AvgIpc) is 3.34. The van der Waals surface area contributed by atoms with Crippen molar-refractivity contribution in [3.63, 3.8) is 0 Å². The maximum Gasteiger partial charge on any atom is 0.186 e. The Hall–Kier alpha value is -3.84. The van der Waals surface area contributed by atoms with Crippen molar-refractivity contribution in [3.8, 4) is 22.5 Å². The minimum Gasteiger partial charge on any atom is -0.367 e. The highest BCUT2D eigenvalue weighted by Gasteiger charge is 2.22. The van der Waals surface area contributed by atoms with Gasteiger partial charge in [-0.15, -0.1) is 0 Å². The van der Waals surface area contributed by atoms with Crippen molar-refractivity contribution in [2.75, 3.05) is 11.9 Å². The second kappa shape index (κ2) is 8.83. The molecule has 0 aliphatic heterocycles. The number of hydrogen-bond donors (Lipinski definition) is 3. The van der Waals surface area contributed by atoms with Crippen molar-refractivity contribution in [2.45, 2.75) is 31.7 Å². The predicted octanol–water partition coefficient (Wildman–Crippen LogP) is 5.16. The lowest BCUT2D eigenvalue weighted by molar-refractivity contribution is 0.344. The molecule has 0 saturated heterocycles. The zero-order valence-electron chi connectivity index (χ0n) is 18.9. The fourth-order valence-electron chi connectivity index (χ4n) is 4.95. The maximum atomic E-state index is 5.87. The fourth-order valence-corrected chi connectivity index (χ4v) is 4.95. The summed E-state index contributed by atoms with van der Waals surface area (Å²) in [6, 6.07) is 21.1. The first kappa shape index (κ1) is 20.7. The third kappa shape index (κ3) is 3.88. The molecule has 1 aliphatic carbocycles. The van der Waals surface area contributed by atoms with E-state index in [1.165, 1.54) is 0 Å². The molecule has 0 unspecified atom stereocenters. The fraction of sp³-hybridized carbons (Fsp3) is 0.259. The highest BCUT2D eigenvalue weighted by molar-refractivity contribution is 6.00. The number of fused-ring (bicyclic) bond motifs is 2. The summed E-state index contributed by atoms with van der Waals surface area (Å²) in [4.78, 5) is 13.9. The predicted molar refractivity (Wildman–Crippen MR) is 136 cm³/mol. The zero-order chi connectivity index (χ0) is 22.9. The van der Waals surface area contributed by atoms with Gasteiger partial charge in [-0.05, 0) is 50.3 Å². The summed E-state index contributed by atoms with van der Waals surface area (Å²) in [6.45, 7) is 0.776. The number of anilines is 1. The monoisotopic (exact) mass is 449 g/mol. The molecular weight excluding hydrogens is 422 g/mol. The van der Waals surface area contributed by atoms with E-state index in [0.717, 1.165) is 76.8 Å². The van der Waals surface area contributed by atoms with Crippen LogP contribution in [0.4, 0.5) is 5.82 Å². The van der Waals surface area contributed by atoms with Crippen molar-refractivity contribution in [1.82, 2.24) is 25.1 Å². The van der Waals surface area contributed by atoms with Gasteiger partial charge in [0.25, 0.3) is 0 Å². The molecule has 7 nitrogen and oxygen atoms in total. The smallest absolute Gasteiger partial charge is 0.186 e. The maximum absolute atomic E-state index is 5.87. The molecule has 3 heterocycles. The highest BCUT2D eigenvalue weighted by Crippen LogP contribution is 2.34. The van der Waals surface area contributed by atoms with E-state index in [0.29, 0.717) is 17.6 Å². The molecule has 0 amide bonds. The third-order valence-electron chi connectivity index (χ3n) is 6.92. The van der Waals surface area contributed by atoms with E-state index in [-0.39, 0.29) is 0 Å². The summed E-state index contributed by atoms with van der Waals surface area (Å²) in [5.41, 5.74) is 11.4. The molecule has 5 aromatic rings. The summed E-state index contributed by atoms with van der Waals surface area (Å²) in [5.74, 6) is 1.47. The Balaban J connectivity index is 1.37. The second-order valence-corrected chi connectivity index (χ2v) is 9.09. The van der Waals surface area contributed by atoms with Crippen LogP contribution in [-0.4, -0.2) is 37.7 Å². The third-order valence-corrected chi connectivity index (χ3v) is 6.92. The molecule has 0 atom stereocenters. The van der Waals surface area contributed by atoms with Gasteiger partial charge in [0.15, 0.2) is 5.65 Å². The van der Waals surface area contributed by atoms with E-state index >= 15 is 0 Å².